The van der Waals surface area contributed by atoms with Crippen molar-refractivity contribution in [3.05, 3.63) is 0 Å². The van der Waals surface area contributed by atoms with Crippen LogP contribution in [0.2, 0.25) is 0 Å². The highest BCUT2D eigenvalue weighted by Crippen LogP contribution is 2.13. The van der Waals surface area contributed by atoms with Crippen molar-refractivity contribution in [2.45, 2.75) is 103 Å². The summed E-state index contributed by atoms with van der Waals surface area (Å²) in [5, 5.41) is 9.07. The summed E-state index contributed by atoms with van der Waals surface area (Å²) in [6.07, 6.45) is 16.3. The Balaban J connectivity index is 3.19. The van der Waals surface area contributed by atoms with Crippen LogP contribution in [0.3, 0.4) is 0 Å². The van der Waals surface area contributed by atoms with Crippen LogP contribution in [-0.2, 0) is 9.53 Å². The van der Waals surface area contributed by atoms with Crippen LogP contribution in [0.15, 0.2) is 0 Å². The van der Waals surface area contributed by atoms with E-state index in [4.69, 9.17) is 9.84 Å². The second-order valence-corrected chi connectivity index (χ2v) is 6.09. The zero-order valence-corrected chi connectivity index (χ0v) is 14.2. The van der Waals surface area contributed by atoms with Crippen molar-refractivity contribution < 1.29 is 14.6 Å². The molecule has 21 heavy (non-hydrogen) atoms. The molecular weight excluding hydrogens is 264 g/mol. The molecule has 0 saturated carbocycles. The molecule has 0 aliphatic heterocycles. The third kappa shape index (κ3) is 15.6. The van der Waals surface area contributed by atoms with Gasteiger partial charge in [-0.2, -0.15) is 0 Å². The van der Waals surface area contributed by atoms with E-state index < -0.39 is 0 Å². The molecule has 0 fully saturated rings. The summed E-state index contributed by atoms with van der Waals surface area (Å²) in [4.78, 5) is 10.8. The van der Waals surface area contributed by atoms with Gasteiger partial charge in [-0.25, -0.2) is 0 Å². The largest absolute Gasteiger partial charge is 0.460 e. The lowest BCUT2D eigenvalue weighted by Crippen LogP contribution is -2.20. The Morgan fingerprint density at radius 2 is 1.29 bits per heavy atom. The molecule has 0 radical (unpaired) electrons. The van der Waals surface area contributed by atoms with Gasteiger partial charge in [0, 0.05) is 6.92 Å². The predicted octanol–water partition coefficient (Wildman–Crippen LogP) is 5.00. The van der Waals surface area contributed by atoms with Crippen molar-refractivity contribution in [3.8, 4) is 0 Å². The van der Waals surface area contributed by atoms with Crippen LogP contribution in [0, 0.1) is 0 Å². The molecule has 126 valence electrons. The van der Waals surface area contributed by atoms with E-state index in [0.717, 1.165) is 12.8 Å². The van der Waals surface area contributed by atoms with Gasteiger partial charge >= 0.3 is 5.97 Å². The number of esters is 1. The predicted molar refractivity (Wildman–Crippen MR) is 88.3 cm³/mol. The first-order valence-electron chi connectivity index (χ1n) is 8.98. The van der Waals surface area contributed by atoms with Crippen LogP contribution in [0.5, 0.6) is 0 Å². The highest BCUT2D eigenvalue weighted by atomic mass is 16.5. The van der Waals surface area contributed by atoms with Gasteiger partial charge in [-0.1, -0.05) is 77.6 Å². The number of hydrogen-bond acceptors (Lipinski definition) is 3. The van der Waals surface area contributed by atoms with Gasteiger partial charge in [-0.05, 0) is 12.8 Å². The second kappa shape index (κ2) is 15.8. The third-order valence-corrected chi connectivity index (χ3v) is 3.92. The molecule has 0 saturated heterocycles. The number of aliphatic hydroxyl groups excluding tert-OH is 1. The maximum absolute atomic E-state index is 10.8. The fourth-order valence-electron chi connectivity index (χ4n) is 2.64. The Morgan fingerprint density at radius 3 is 1.67 bits per heavy atom. The van der Waals surface area contributed by atoms with Crippen LogP contribution in [0.1, 0.15) is 97.3 Å². The van der Waals surface area contributed by atoms with E-state index in [-0.39, 0.29) is 18.7 Å². The van der Waals surface area contributed by atoms with Gasteiger partial charge in [0.25, 0.3) is 0 Å². The van der Waals surface area contributed by atoms with Crippen LogP contribution in [0.25, 0.3) is 0 Å². The molecule has 3 nitrogen and oxygen atoms in total. The van der Waals surface area contributed by atoms with E-state index in [9.17, 15) is 4.79 Å². The summed E-state index contributed by atoms with van der Waals surface area (Å²) in [5.41, 5.74) is 0. The van der Waals surface area contributed by atoms with E-state index in [1.807, 2.05) is 0 Å². The summed E-state index contributed by atoms with van der Waals surface area (Å²) >= 11 is 0. The van der Waals surface area contributed by atoms with Crippen molar-refractivity contribution in [2.24, 2.45) is 0 Å². The molecule has 0 aromatic heterocycles. The van der Waals surface area contributed by atoms with Crippen molar-refractivity contribution in [3.63, 3.8) is 0 Å². The minimum atomic E-state index is -0.300. The molecule has 0 amide bonds. The Morgan fingerprint density at radius 1 is 0.857 bits per heavy atom. The number of unbranched alkanes of at least 4 members (excludes halogenated alkanes) is 11. The summed E-state index contributed by atoms with van der Waals surface area (Å²) in [6, 6.07) is 0. The molecule has 1 atom stereocenters. The first-order chi connectivity index (χ1) is 10.2. The Hall–Kier alpha value is -0.570. The lowest BCUT2D eigenvalue weighted by molar-refractivity contribution is -0.148. The Labute approximate surface area is 131 Å². The molecule has 0 aromatic rings. The van der Waals surface area contributed by atoms with Crippen molar-refractivity contribution in [2.75, 3.05) is 6.61 Å². The van der Waals surface area contributed by atoms with Crippen molar-refractivity contribution >= 4 is 5.97 Å². The maximum Gasteiger partial charge on any atom is 0.302 e. The van der Waals surface area contributed by atoms with Crippen molar-refractivity contribution in [1.29, 1.82) is 0 Å². The summed E-state index contributed by atoms with van der Waals surface area (Å²) < 4.78 is 5.01. The average molecular weight is 300 g/mol. The molecule has 0 unspecified atom stereocenters. The first kappa shape index (κ1) is 20.4. The minimum Gasteiger partial charge on any atom is -0.460 e. The zero-order chi connectivity index (χ0) is 15.8. The lowest BCUT2D eigenvalue weighted by atomic mass is 10.0. The second-order valence-electron chi connectivity index (χ2n) is 6.09. The average Bonchev–Trinajstić information content (AvgIpc) is 2.46. The van der Waals surface area contributed by atoms with E-state index in [2.05, 4.69) is 6.92 Å². The summed E-state index contributed by atoms with van der Waals surface area (Å²) in [5.74, 6) is -0.298. The highest BCUT2D eigenvalue weighted by molar-refractivity contribution is 5.66. The van der Waals surface area contributed by atoms with Crippen LogP contribution >= 0.6 is 0 Å². The van der Waals surface area contributed by atoms with Gasteiger partial charge in [-0.3, -0.25) is 4.79 Å². The minimum absolute atomic E-state index is 0.0579. The number of rotatable bonds is 15. The number of ether oxygens (including phenoxy) is 1. The first-order valence-corrected chi connectivity index (χ1v) is 8.98. The fraction of sp³-hybridized carbons (Fsp3) is 0.944. The third-order valence-electron chi connectivity index (χ3n) is 3.92. The Bertz CT molecular complexity index is 229. The van der Waals surface area contributed by atoms with Crippen molar-refractivity contribution in [1.82, 2.24) is 0 Å². The number of carbonyl (C=O) groups excluding carboxylic acids is 1. The smallest absolute Gasteiger partial charge is 0.302 e. The molecule has 0 aliphatic carbocycles. The van der Waals surface area contributed by atoms with E-state index >= 15 is 0 Å². The lowest BCUT2D eigenvalue weighted by Gasteiger charge is -2.13. The molecule has 0 rings (SSSR count). The molecule has 0 aliphatic rings. The van der Waals surface area contributed by atoms with Gasteiger partial charge in [0.15, 0.2) is 0 Å². The van der Waals surface area contributed by atoms with E-state index in [1.165, 1.54) is 77.6 Å². The maximum atomic E-state index is 10.8. The van der Waals surface area contributed by atoms with Crippen LogP contribution < -0.4 is 0 Å². The Kier molecular flexibility index (Phi) is 15.4. The van der Waals surface area contributed by atoms with Crippen LogP contribution in [0.4, 0.5) is 0 Å². The van der Waals surface area contributed by atoms with Gasteiger partial charge in [-0.15, -0.1) is 0 Å². The molecule has 0 aromatic carbocycles. The van der Waals surface area contributed by atoms with Crippen LogP contribution in [-0.4, -0.2) is 23.8 Å². The number of carbonyl (C=O) groups is 1. The highest BCUT2D eigenvalue weighted by Gasteiger charge is 2.09. The normalized spacial score (nSPS) is 12.3. The van der Waals surface area contributed by atoms with Gasteiger partial charge in [0.05, 0.1) is 6.61 Å². The standard InChI is InChI=1S/C18H36O3/c1-3-4-5-6-7-8-9-10-11-12-13-14-15-18(16-19)21-17(2)20/h18-19H,3-16H2,1-2H3/t18-/m1/s1. The molecule has 0 heterocycles. The van der Waals surface area contributed by atoms with Gasteiger partial charge < -0.3 is 9.84 Å². The summed E-state index contributed by atoms with van der Waals surface area (Å²) in [7, 11) is 0. The van der Waals surface area contributed by atoms with Gasteiger partial charge in [0.2, 0.25) is 0 Å². The number of aliphatic hydroxyl groups is 1. The zero-order valence-electron chi connectivity index (χ0n) is 14.2. The quantitative estimate of drug-likeness (QED) is 0.342. The van der Waals surface area contributed by atoms with E-state index in [0.29, 0.717) is 0 Å². The molecular formula is C18H36O3. The molecule has 0 spiro atoms. The molecule has 0 bridgehead atoms. The molecule has 3 heteroatoms. The SMILES string of the molecule is CCCCCCCCCCCCCC[C@H](CO)OC(C)=O. The topological polar surface area (TPSA) is 46.5 Å². The fourth-order valence-corrected chi connectivity index (χ4v) is 2.64. The van der Waals surface area contributed by atoms with E-state index in [1.54, 1.807) is 0 Å². The molecule has 1 N–H and O–H groups in total. The number of hydrogen-bond donors (Lipinski definition) is 1. The monoisotopic (exact) mass is 300 g/mol. The van der Waals surface area contributed by atoms with Gasteiger partial charge in [0.1, 0.15) is 6.10 Å². The summed E-state index contributed by atoms with van der Waals surface area (Å²) in [6.45, 7) is 3.59.